The maximum absolute atomic E-state index is 11.5. The molecule has 0 spiro atoms. The second kappa shape index (κ2) is 9.04. The molecular weight excluding hydrogens is 219 g/mol. The lowest BCUT2D eigenvalue weighted by Crippen LogP contribution is -2.25. The third-order valence-electron chi connectivity index (χ3n) is 1.72. The van der Waals surface area contributed by atoms with Gasteiger partial charge in [-0.1, -0.05) is 13.3 Å². The molecule has 0 heterocycles. The van der Waals surface area contributed by atoms with Gasteiger partial charge in [0, 0.05) is 21.3 Å². The van der Waals surface area contributed by atoms with Gasteiger partial charge in [0.1, 0.15) is 0 Å². The number of rotatable bonds is 8. The Morgan fingerprint density at radius 3 is 2.27 bits per heavy atom. The van der Waals surface area contributed by atoms with Crippen LogP contribution in [-0.2, 0) is 23.3 Å². The summed E-state index contributed by atoms with van der Waals surface area (Å²) in [6, 6.07) is 0. The van der Waals surface area contributed by atoms with E-state index in [1.165, 1.54) is 21.3 Å². The molecule has 0 rings (SSSR count). The molecule has 6 heteroatoms. The molecule has 1 unspecified atom stereocenters. The van der Waals surface area contributed by atoms with Crippen LogP contribution in [0.25, 0.3) is 0 Å². The maximum Gasteiger partial charge on any atom is 0.344 e. The molecule has 0 aromatic carbocycles. The zero-order chi connectivity index (χ0) is 11.7. The molecule has 0 amide bonds. The first kappa shape index (κ1) is 14.8. The van der Waals surface area contributed by atoms with E-state index in [1.54, 1.807) is 0 Å². The molecule has 5 nitrogen and oxygen atoms in total. The van der Waals surface area contributed by atoms with E-state index in [0.29, 0.717) is 6.61 Å². The number of hydrogen-bond acceptors (Lipinski definition) is 5. The summed E-state index contributed by atoms with van der Waals surface area (Å²) in [5.41, 5.74) is 0. The van der Waals surface area contributed by atoms with Crippen LogP contribution in [0.15, 0.2) is 0 Å². The predicted molar refractivity (Wildman–Crippen MR) is 57.6 cm³/mol. The third kappa shape index (κ3) is 5.42. The van der Waals surface area contributed by atoms with E-state index < -0.39 is 20.2 Å². The Kier molecular flexibility index (Phi) is 8.91. The molecule has 0 saturated heterocycles. The molecule has 0 fully saturated rings. The number of ether oxygens (including phenoxy) is 2. The summed E-state index contributed by atoms with van der Waals surface area (Å²) < 4.78 is 20.0. The van der Waals surface area contributed by atoms with Crippen molar-refractivity contribution in [2.45, 2.75) is 25.6 Å². The van der Waals surface area contributed by atoms with Gasteiger partial charge in [-0.15, -0.1) is 0 Å². The average molecular weight is 238 g/mol. The van der Waals surface area contributed by atoms with Crippen LogP contribution < -0.4 is 0 Å². The number of unbranched alkanes of at least 4 members (excludes halogenated alkanes) is 1. The van der Waals surface area contributed by atoms with Crippen LogP contribution in [0.5, 0.6) is 0 Å². The highest BCUT2D eigenvalue weighted by atomic mass is 31.2. The van der Waals surface area contributed by atoms with E-state index in [0.717, 1.165) is 12.8 Å². The molecule has 0 aliphatic heterocycles. The van der Waals surface area contributed by atoms with Crippen molar-refractivity contribution in [3.8, 4) is 0 Å². The minimum absolute atomic E-state index is 0.409. The van der Waals surface area contributed by atoms with Gasteiger partial charge in [-0.05, 0) is 6.42 Å². The fraction of sp³-hybridized carbons (Fsp3) is 0.889. The zero-order valence-corrected chi connectivity index (χ0v) is 10.6. The zero-order valence-electron chi connectivity index (χ0n) is 9.69. The number of hydrogen-bond donors (Lipinski definition) is 0. The fourth-order valence-corrected chi connectivity index (χ4v) is 1.87. The lowest BCUT2D eigenvalue weighted by molar-refractivity contribution is -0.151. The molecule has 0 aliphatic rings. The Hall–Kier alpha value is -0.220. The van der Waals surface area contributed by atoms with E-state index in [9.17, 15) is 4.79 Å². The first-order valence-electron chi connectivity index (χ1n) is 4.78. The minimum atomic E-state index is -1.38. The van der Waals surface area contributed by atoms with Crippen LogP contribution in [-0.4, -0.2) is 39.8 Å². The summed E-state index contributed by atoms with van der Waals surface area (Å²) in [7, 11) is 3.00. The first-order valence-corrected chi connectivity index (χ1v) is 6.02. The monoisotopic (exact) mass is 238 g/mol. The molecule has 1 atom stereocenters. The third-order valence-corrected chi connectivity index (χ3v) is 3.24. The average Bonchev–Trinajstić information content (AvgIpc) is 2.25. The van der Waals surface area contributed by atoms with Crippen LogP contribution >= 0.6 is 8.38 Å². The smallest absolute Gasteiger partial charge is 0.344 e. The SMILES string of the molecule is CCCCOC(=O)C(OC)P(OC)OC. The van der Waals surface area contributed by atoms with Gasteiger partial charge in [0.05, 0.1) is 6.61 Å². The largest absolute Gasteiger partial charge is 0.463 e. The Morgan fingerprint density at radius 2 is 1.87 bits per heavy atom. The summed E-state index contributed by atoms with van der Waals surface area (Å²) in [6.07, 6.45) is 1.83. The van der Waals surface area contributed by atoms with Gasteiger partial charge in [0.25, 0.3) is 0 Å². The first-order chi connectivity index (χ1) is 7.21. The summed E-state index contributed by atoms with van der Waals surface area (Å²) in [4.78, 5) is 11.5. The number of carbonyl (C=O) groups excluding carboxylic acids is 1. The molecule has 90 valence electrons. The highest BCUT2D eigenvalue weighted by Crippen LogP contribution is 2.42. The highest BCUT2D eigenvalue weighted by molar-refractivity contribution is 7.49. The highest BCUT2D eigenvalue weighted by Gasteiger charge is 2.30. The second-order valence-corrected chi connectivity index (χ2v) is 4.53. The fourth-order valence-electron chi connectivity index (χ4n) is 0.923. The van der Waals surface area contributed by atoms with Gasteiger partial charge in [-0.2, -0.15) is 0 Å². The van der Waals surface area contributed by atoms with Crippen molar-refractivity contribution in [2.24, 2.45) is 0 Å². The number of esters is 1. The van der Waals surface area contributed by atoms with Gasteiger partial charge >= 0.3 is 5.97 Å². The predicted octanol–water partition coefficient (Wildman–Crippen LogP) is 1.91. The van der Waals surface area contributed by atoms with Crippen molar-refractivity contribution in [1.82, 2.24) is 0 Å². The van der Waals surface area contributed by atoms with Crippen molar-refractivity contribution < 1.29 is 23.3 Å². The van der Waals surface area contributed by atoms with E-state index in [4.69, 9.17) is 18.5 Å². The van der Waals surface area contributed by atoms with Crippen LogP contribution in [0, 0.1) is 0 Å². The summed E-state index contributed by atoms with van der Waals surface area (Å²) in [5.74, 6) is -1.20. The molecule has 0 aromatic heterocycles. The molecule has 0 bridgehead atoms. The van der Waals surface area contributed by atoms with E-state index in [1.807, 2.05) is 6.92 Å². The normalized spacial score (nSPS) is 12.9. The van der Waals surface area contributed by atoms with Crippen LogP contribution in [0.1, 0.15) is 19.8 Å². The van der Waals surface area contributed by atoms with E-state index in [-0.39, 0.29) is 0 Å². The van der Waals surface area contributed by atoms with Gasteiger partial charge in [0.15, 0.2) is 0 Å². The molecule has 0 saturated carbocycles. The number of methoxy groups -OCH3 is 1. The van der Waals surface area contributed by atoms with Crippen molar-refractivity contribution in [2.75, 3.05) is 27.9 Å². The minimum Gasteiger partial charge on any atom is -0.463 e. The maximum atomic E-state index is 11.5. The van der Waals surface area contributed by atoms with E-state index in [2.05, 4.69) is 0 Å². The van der Waals surface area contributed by atoms with Crippen LogP contribution in [0.3, 0.4) is 0 Å². The van der Waals surface area contributed by atoms with Gasteiger partial charge in [-0.3, -0.25) is 0 Å². The van der Waals surface area contributed by atoms with E-state index >= 15 is 0 Å². The standard InChI is InChI=1S/C9H19O5P/c1-5-6-7-14-8(10)9(11-2)15(12-3)13-4/h9H,5-7H2,1-4H3. The Labute approximate surface area is 91.9 Å². The lowest BCUT2D eigenvalue weighted by Gasteiger charge is -2.20. The topological polar surface area (TPSA) is 54.0 Å². The van der Waals surface area contributed by atoms with Crippen molar-refractivity contribution >= 4 is 14.3 Å². The van der Waals surface area contributed by atoms with Crippen molar-refractivity contribution in [3.05, 3.63) is 0 Å². The van der Waals surface area contributed by atoms with Crippen LogP contribution in [0.4, 0.5) is 0 Å². The van der Waals surface area contributed by atoms with Gasteiger partial charge in [0.2, 0.25) is 14.2 Å². The van der Waals surface area contributed by atoms with Gasteiger partial charge in [-0.25, -0.2) is 4.79 Å². The van der Waals surface area contributed by atoms with Crippen LogP contribution in [0.2, 0.25) is 0 Å². The van der Waals surface area contributed by atoms with Crippen molar-refractivity contribution in [1.29, 1.82) is 0 Å². The Morgan fingerprint density at radius 1 is 1.27 bits per heavy atom. The summed E-state index contributed by atoms with van der Waals surface area (Å²) in [5, 5.41) is 0. The quantitative estimate of drug-likeness (QED) is 0.367. The molecule has 0 aliphatic carbocycles. The molecule has 0 N–H and O–H groups in total. The Bertz CT molecular complexity index is 172. The second-order valence-electron chi connectivity index (χ2n) is 2.76. The summed E-state index contributed by atoms with van der Waals surface area (Å²) >= 11 is 0. The molecule has 0 aromatic rings. The molecule has 15 heavy (non-hydrogen) atoms. The molecular formula is C9H19O5P. The molecule has 0 radical (unpaired) electrons. The van der Waals surface area contributed by atoms with Gasteiger partial charge < -0.3 is 18.5 Å². The number of carbonyl (C=O) groups is 1. The lowest BCUT2D eigenvalue weighted by atomic mass is 10.4. The Balaban J connectivity index is 4.08. The van der Waals surface area contributed by atoms with Crippen molar-refractivity contribution in [3.63, 3.8) is 0 Å². The summed E-state index contributed by atoms with van der Waals surface area (Å²) in [6.45, 7) is 2.44.